The van der Waals surface area contributed by atoms with Crippen molar-refractivity contribution in [1.82, 2.24) is 0 Å². The zero-order chi connectivity index (χ0) is 13.9. The first-order valence-electron chi connectivity index (χ1n) is 4.84. The van der Waals surface area contributed by atoms with Gasteiger partial charge in [0.15, 0.2) is 0 Å². The Kier molecular flexibility index (Phi) is 3.82. The molecule has 96 valence electrons. The third-order valence-corrected chi connectivity index (χ3v) is 2.22. The number of nitro benzene ring substituents is 1. The van der Waals surface area contributed by atoms with Crippen molar-refractivity contribution in [2.24, 2.45) is 5.73 Å². The molecule has 0 atom stereocenters. The number of aromatic carboxylic acids is 1. The number of carbonyl (C=O) groups excluding carboxylic acids is 1. The van der Waals surface area contributed by atoms with Crippen molar-refractivity contribution < 1.29 is 19.6 Å². The minimum atomic E-state index is -1.26. The van der Waals surface area contributed by atoms with Gasteiger partial charge >= 0.3 is 5.97 Å². The third-order valence-electron chi connectivity index (χ3n) is 2.22. The van der Waals surface area contributed by atoms with Crippen molar-refractivity contribution in [3.05, 3.63) is 33.9 Å². The molecule has 0 aliphatic carbocycles. The standard InChI is InChI=1S/C10H11N3O5/c1-12(5-9(11)14)7-3-2-6(10(15)16)4-8(7)13(17)18/h2-4H,5H2,1H3,(H2,11,14)(H,15,16). The van der Waals surface area contributed by atoms with Gasteiger partial charge in [-0.25, -0.2) is 4.79 Å². The molecule has 0 aliphatic heterocycles. The summed E-state index contributed by atoms with van der Waals surface area (Å²) in [7, 11) is 1.45. The minimum Gasteiger partial charge on any atom is -0.478 e. The molecule has 1 aromatic rings. The zero-order valence-corrected chi connectivity index (χ0v) is 9.49. The number of primary amides is 1. The van der Waals surface area contributed by atoms with Crippen LogP contribution in [0.5, 0.6) is 0 Å². The first-order valence-corrected chi connectivity index (χ1v) is 4.84. The Morgan fingerprint density at radius 2 is 2.11 bits per heavy atom. The lowest BCUT2D eigenvalue weighted by Gasteiger charge is -2.17. The number of likely N-dealkylation sites (N-methyl/N-ethyl adjacent to an activating group) is 1. The lowest BCUT2D eigenvalue weighted by atomic mass is 10.1. The molecule has 0 bridgehead atoms. The van der Waals surface area contributed by atoms with E-state index in [1.54, 1.807) is 0 Å². The first kappa shape index (κ1) is 13.4. The Labute approximate surface area is 102 Å². The molecule has 0 aromatic heterocycles. The number of nitrogens with two attached hydrogens (primary N) is 1. The van der Waals surface area contributed by atoms with Gasteiger partial charge in [-0.15, -0.1) is 0 Å². The second-order valence-corrected chi connectivity index (χ2v) is 3.59. The van der Waals surface area contributed by atoms with E-state index in [0.717, 1.165) is 6.07 Å². The van der Waals surface area contributed by atoms with Crippen molar-refractivity contribution in [2.75, 3.05) is 18.5 Å². The van der Waals surface area contributed by atoms with Gasteiger partial charge in [-0.1, -0.05) is 0 Å². The molecule has 1 amide bonds. The van der Waals surface area contributed by atoms with Crippen LogP contribution in [-0.2, 0) is 4.79 Å². The molecule has 1 aromatic carbocycles. The van der Waals surface area contributed by atoms with Gasteiger partial charge in [0.25, 0.3) is 5.69 Å². The molecular weight excluding hydrogens is 242 g/mol. The maximum Gasteiger partial charge on any atom is 0.335 e. The Morgan fingerprint density at radius 1 is 1.50 bits per heavy atom. The van der Waals surface area contributed by atoms with Gasteiger partial charge in [-0.05, 0) is 12.1 Å². The molecule has 0 fully saturated rings. The van der Waals surface area contributed by atoms with E-state index in [-0.39, 0.29) is 17.8 Å². The molecule has 0 heterocycles. The number of rotatable bonds is 5. The fourth-order valence-corrected chi connectivity index (χ4v) is 1.44. The van der Waals surface area contributed by atoms with Gasteiger partial charge in [0.05, 0.1) is 17.0 Å². The molecule has 0 spiro atoms. The maximum atomic E-state index is 10.9. The van der Waals surface area contributed by atoms with E-state index in [0.29, 0.717) is 0 Å². The van der Waals surface area contributed by atoms with Crippen LogP contribution in [-0.4, -0.2) is 35.5 Å². The quantitative estimate of drug-likeness (QED) is 0.570. The summed E-state index contributed by atoms with van der Waals surface area (Å²) in [6, 6.07) is 3.43. The lowest BCUT2D eigenvalue weighted by Crippen LogP contribution is -2.30. The lowest BCUT2D eigenvalue weighted by molar-refractivity contribution is -0.384. The predicted octanol–water partition coefficient (Wildman–Crippen LogP) is 0.214. The fraction of sp³-hybridized carbons (Fsp3) is 0.200. The number of anilines is 1. The number of carbonyl (C=O) groups is 2. The molecule has 0 aliphatic rings. The van der Waals surface area contributed by atoms with Crippen LogP contribution in [0.3, 0.4) is 0 Å². The Balaban J connectivity index is 3.23. The van der Waals surface area contributed by atoms with E-state index in [1.165, 1.54) is 24.1 Å². The van der Waals surface area contributed by atoms with Crippen LogP contribution < -0.4 is 10.6 Å². The second kappa shape index (κ2) is 5.13. The van der Waals surface area contributed by atoms with Crippen LogP contribution >= 0.6 is 0 Å². The van der Waals surface area contributed by atoms with Gasteiger partial charge in [0, 0.05) is 13.1 Å². The number of nitrogens with zero attached hydrogens (tertiary/aromatic N) is 2. The zero-order valence-electron chi connectivity index (χ0n) is 9.49. The molecule has 0 saturated heterocycles. The number of hydrogen-bond donors (Lipinski definition) is 2. The molecule has 3 N–H and O–H groups in total. The number of amides is 1. The predicted molar refractivity (Wildman–Crippen MR) is 62.5 cm³/mol. The molecule has 1 rings (SSSR count). The van der Waals surface area contributed by atoms with Crippen LogP contribution in [0.4, 0.5) is 11.4 Å². The fourth-order valence-electron chi connectivity index (χ4n) is 1.44. The highest BCUT2D eigenvalue weighted by atomic mass is 16.6. The third kappa shape index (κ3) is 2.94. The molecule has 8 heteroatoms. The van der Waals surface area contributed by atoms with E-state index in [4.69, 9.17) is 10.8 Å². The summed E-state index contributed by atoms with van der Waals surface area (Å²) in [5, 5.41) is 19.6. The summed E-state index contributed by atoms with van der Waals surface area (Å²) in [5.74, 6) is -1.91. The van der Waals surface area contributed by atoms with E-state index >= 15 is 0 Å². The summed E-state index contributed by atoms with van der Waals surface area (Å²) >= 11 is 0. The molecular formula is C10H11N3O5. The second-order valence-electron chi connectivity index (χ2n) is 3.59. The van der Waals surface area contributed by atoms with Crippen molar-refractivity contribution >= 4 is 23.3 Å². The molecule has 8 nitrogen and oxygen atoms in total. The number of carboxylic acids is 1. The van der Waals surface area contributed by atoms with Crippen LogP contribution in [0.1, 0.15) is 10.4 Å². The van der Waals surface area contributed by atoms with Crippen LogP contribution in [0.15, 0.2) is 18.2 Å². The highest BCUT2D eigenvalue weighted by molar-refractivity contribution is 5.90. The SMILES string of the molecule is CN(CC(N)=O)c1ccc(C(=O)O)cc1[N+](=O)[O-]. The van der Waals surface area contributed by atoms with E-state index in [9.17, 15) is 19.7 Å². The Hall–Kier alpha value is -2.64. The monoisotopic (exact) mass is 253 g/mol. The van der Waals surface area contributed by atoms with Crippen molar-refractivity contribution in [3.63, 3.8) is 0 Å². The van der Waals surface area contributed by atoms with E-state index < -0.39 is 22.5 Å². The minimum absolute atomic E-state index is 0.129. The average Bonchev–Trinajstić information content (AvgIpc) is 2.26. The van der Waals surface area contributed by atoms with Gasteiger partial charge in [-0.2, -0.15) is 0 Å². The summed E-state index contributed by atoms with van der Waals surface area (Å²) in [5.41, 5.74) is 4.53. The van der Waals surface area contributed by atoms with Crippen LogP contribution in [0, 0.1) is 10.1 Å². The highest BCUT2D eigenvalue weighted by Crippen LogP contribution is 2.28. The smallest absolute Gasteiger partial charge is 0.335 e. The number of nitro groups is 1. The molecule has 0 unspecified atom stereocenters. The summed E-state index contributed by atoms with van der Waals surface area (Å²) in [6.45, 7) is -0.201. The van der Waals surface area contributed by atoms with Gasteiger partial charge in [0.2, 0.25) is 5.91 Å². The van der Waals surface area contributed by atoms with Crippen molar-refractivity contribution in [1.29, 1.82) is 0 Å². The number of hydrogen-bond acceptors (Lipinski definition) is 5. The Morgan fingerprint density at radius 3 is 2.56 bits per heavy atom. The molecule has 18 heavy (non-hydrogen) atoms. The van der Waals surface area contributed by atoms with E-state index in [2.05, 4.69) is 0 Å². The summed E-state index contributed by atoms with van der Waals surface area (Å²) < 4.78 is 0. The van der Waals surface area contributed by atoms with Gasteiger partial charge in [-0.3, -0.25) is 14.9 Å². The van der Waals surface area contributed by atoms with Crippen LogP contribution in [0.25, 0.3) is 0 Å². The molecule has 0 radical (unpaired) electrons. The molecule has 0 saturated carbocycles. The average molecular weight is 253 g/mol. The van der Waals surface area contributed by atoms with Crippen molar-refractivity contribution in [2.45, 2.75) is 0 Å². The number of carboxylic acid groups (broad SMARTS) is 1. The van der Waals surface area contributed by atoms with Crippen LogP contribution in [0.2, 0.25) is 0 Å². The Bertz CT molecular complexity index is 514. The van der Waals surface area contributed by atoms with Gasteiger partial charge < -0.3 is 15.7 Å². The normalized spacial score (nSPS) is 9.83. The summed E-state index contributed by atoms with van der Waals surface area (Å²) in [6.07, 6.45) is 0. The summed E-state index contributed by atoms with van der Waals surface area (Å²) in [4.78, 5) is 32.9. The largest absolute Gasteiger partial charge is 0.478 e. The maximum absolute atomic E-state index is 10.9. The van der Waals surface area contributed by atoms with Crippen molar-refractivity contribution in [3.8, 4) is 0 Å². The first-order chi connectivity index (χ1) is 8.32. The van der Waals surface area contributed by atoms with E-state index in [1.807, 2.05) is 0 Å². The topological polar surface area (TPSA) is 127 Å². The highest BCUT2D eigenvalue weighted by Gasteiger charge is 2.20. The number of benzene rings is 1. The van der Waals surface area contributed by atoms with Gasteiger partial charge in [0.1, 0.15) is 5.69 Å².